The Kier molecular flexibility index (Phi) is 5.15. The van der Waals surface area contributed by atoms with E-state index in [0.29, 0.717) is 25.0 Å². The molecule has 2 aromatic carbocycles. The fourth-order valence-corrected chi connectivity index (χ4v) is 3.71. The number of rotatable bonds is 3. The summed E-state index contributed by atoms with van der Waals surface area (Å²) in [7, 11) is 0. The van der Waals surface area contributed by atoms with Gasteiger partial charge in [0.2, 0.25) is 0 Å². The predicted molar refractivity (Wildman–Crippen MR) is 107 cm³/mol. The van der Waals surface area contributed by atoms with Gasteiger partial charge in [-0.25, -0.2) is 0 Å². The van der Waals surface area contributed by atoms with Gasteiger partial charge in [-0.15, -0.1) is 0 Å². The largest absolute Gasteiger partial charge is 0.353 e. The summed E-state index contributed by atoms with van der Waals surface area (Å²) >= 11 is 18.9. The van der Waals surface area contributed by atoms with Crippen molar-refractivity contribution in [3.8, 4) is 0 Å². The summed E-state index contributed by atoms with van der Waals surface area (Å²) < 4.78 is 0.460. The Labute approximate surface area is 159 Å². The molecule has 0 atom stereocenters. The summed E-state index contributed by atoms with van der Waals surface area (Å²) in [5.41, 5.74) is 3.21. The van der Waals surface area contributed by atoms with Crippen LogP contribution >= 0.6 is 47.2 Å². The first-order valence-corrected chi connectivity index (χ1v) is 8.99. The van der Waals surface area contributed by atoms with Crippen molar-refractivity contribution in [2.24, 2.45) is 0 Å². The fourth-order valence-electron chi connectivity index (χ4n) is 2.20. The number of hydrogen-bond acceptors (Lipinski definition) is 4. The number of carbonyl (C=O) groups is 1. The van der Waals surface area contributed by atoms with E-state index in [0.717, 1.165) is 16.8 Å². The summed E-state index contributed by atoms with van der Waals surface area (Å²) in [6.45, 7) is 1.91. The zero-order chi connectivity index (χ0) is 17.3. The molecule has 1 heterocycles. The number of para-hydroxylation sites is 1. The lowest BCUT2D eigenvalue weighted by Gasteiger charge is -2.14. The Balaban J connectivity index is 2.00. The molecule has 0 aromatic heterocycles. The van der Waals surface area contributed by atoms with Crippen LogP contribution in [0.1, 0.15) is 11.1 Å². The second-order valence-corrected chi connectivity index (χ2v) is 7.62. The minimum atomic E-state index is -0.188. The van der Waals surface area contributed by atoms with Crippen molar-refractivity contribution in [3.63, 3.8) is 0 Å². The molecule has 1 saturated heterocycles. The maximum atomic E-state index is 11.9. The molecule has 1 aliphatic heterocycles. The first-order chi connectivity index (χ1) is 11.5. The number of amides is 1. The molecule has 1 fully saturated rings. The Bertz CT molecular complexity index is 881. The van der Waals surface area contributed by atoms with E-state index in [1.165, 1.54) is 11.8 Å². The van der Waals surface area contributed by atoms with E-state index in [1.54, 1.807) is 12.1 Å². The molecule has 1 amide bonds. The third-order valence-corrected chi connectivity index (χ3v) is 5.40. The third kappa shape index (κ3) is 3.59. The SMILES string of the molecule is Cc1ccc(Cl)c(Nc2ccccc2C=C2SC(=S)NC2=O)c1Cl. The van der Waals surface area contributed by atoms with E-state index < -0.39 is 0 Å². The Morgan fingerprint density at radius 1 is 1.21 bits per heavy atom. The number of nitrogens with one attached hydrogen (secondary N) is 2. The number of anilines is 2. The number of halogens is 2. The minimum Gasteiger partial charge on any atom is -0.353 e. The van der Waals surface area contributed by atoms with Crippen molar-refractivity contribution in [3.05, 3.63) is 62.5 Å². The summed E-state index contributed by atoms with van der Waals surface area (Å²) in [5, 5.41) is 6.97. The van der Waals surface area contributed by atoms with Gasteiger partial charge in [-0.2, -0.15) is 0 Å². The maximum Gasteiger partial charge on any atom is 0.263 e. The molecular formula is C17H12Cl2N2OS2. The topological polar surface area (TPSA) is 41.1 Å². The average molecular weight is 395 g/mol. The molecule has 0 bridgehead atoms. The second kappa shape index (κ2) is 7.15. The lowest BCUT2D eigenvalue weighted by molar-refractivity contribution is -0.115. The molecule has 24 heavy (non-hydrogen) atoms. The molecular weight excluding hydrogens is 383 g/mol. The Morgan fingerprint density at radius 2 is 1.96 bits per heavy atom. The van der Waals surface area contributed by atoms with E-state index in [1.807, 2.05) is 37.3 Å². The standard InChI is InChI=1S/C17H12Cl2N2OS2/c1-9-6-7-11(18)15(14(9)19)20-12-5-3-2-4-10(12)8-13-16(22)21-17(23)24-13/h2-8,20H,1H3,(H,21,22,23). The maximum absolute atomic E-state index is 11.9. The van der Waals surface area contributed by atoms with Crippen LogP contribution in [0.4, 0.5) is 11.4 Å². The van der Waals surface area contributed by atoms with E-state index in [2.05, 4.69) is 10.6 Å². The predicted octanol–water partition coefficient (Wildman–Crippen LogP) is 5.53. The number of thiocarbonyl (C=S) groups is 1. The molecule has 3 rings (SSSR count). The highest BCUT2D eigenvalue weighted by Gasteiger charge is 2.22. The number of hydrogen-bond donors (Lipinski definition) is 2. The third-order valence-electron chi connectivity index (χ3n) is 3.43. The van der Waals surface area contributed by atoms with Crippen LogP contribution < -0.4 is 10.6 Å². The van der Waals surface area contributed by atoms with Crippen LogP contribution in [0.2, 0.25) is 10.0 Å². The van der Waals surface area contributed by atoms with Crippen molar-refractivity contribution in [1.82, 2.24) is 5.32 Å². The Morgan fingerprint density at radius 3 is 2.67 bits per heavy atom. The fraction of sp³-hybridized carbons (Fsp3) is 0.0588. The Hall–Kier alpha value is -1.53. The average Bonchev–Trinajstić information content (AvgIpc) is 2.87. The monoisotopic (exact) mass is 394 g/mol. The van der Waals surface area contributed by atoms with Gasteiger partial charge in [0.1, 0.15) is 4.32 Å². The van der Waals surface area contributed by atoms with E-state index in [-0.39, 0.29) is 5.91 Å². The van der Waals surface area contributed by atoms with Crippen LogP contribution in [-0.2, 0) is 4.79 Å². The molecule has 2 N–H and O–H groups in total. The normalized spacial score (nSPS) is 15.7. The van der Waals surface area contributed by atoms with Crippen molar-refractivity contribution in [2.45, 2.75) is 6.92 Å². The van der Waals surface area contributed by atoms with Gasteiger partial charge in [0.25, 0.3) is 5.91 Å². The van der Waals surface area contributed by atoms with E-state index >= 15 is 0 Å². The molecule has 0 spiro atoms. The molecule has 0 saturated carbocycles. The first-order valence-electron chi connectivity index (χ1n) is 7.01. The van der Waals surface area contributed by atoms with Crippen LogP contribution in [-0.4, -0.2) is 10.2 Å². The molecule has 2 aromatic rings. The molecule has 3 nitrogen and oxygen atoms in total. The molecule has 0 radical (unpaired) electrons. The van der Waals surface area contributed by atoms with Gasteiger partial charge >= 0.3 is 0 Å². The molecule has 1 aliphatic rings. The minimum absolute atomic E-state index is 0.188. The number of benzene rings is 2. The number of aryl methyl sites for hydroxylation is 1. The zero-order valence-corrected chi connectivity index (χ0v) is 15.7. The summed E-state index contributed by atoms with van der Waals surface area (Å²) in [6.07, 6.45) is 1.79. The zero-order valence-electron chi connectivity index (χ0n) is 12.5. The van der Waals surface area contributed by atoms with Gasteiger partial charge in [0.15, 0.2) is 0 Å². The van der Waals surface area contributed by atoms with Crippen molar-refractivity contribution < 1.29 is 4.79 Å². The lowest BCUT2D eigenvalue weighted by atomic mass is 10.1. The van der Waals surface area contributed by atoms with E-state index in [9.17, 15) is 4.79 Å². The highest BCUT2D eigenvalue weighted by atomic mass is 35.5. The summed E-state index contributed by atoms with van der Waals surface area (Å²) in [5.74, 6) is -0.188. The summed E-state index contributed by atoms with van der Waals surface area (Å²) in [6, 6.07) is 11.3. The molecule has 0 unspecified atom stereocenters. The highest BCUT2D eigenvalue weighted by molar-refractivity contribution is 8.26. The van der Waals surface area contributed by atoms with Crippen molar-refractivity contribution in [1.29, 1.82) is 0 Å². The van der Waals surface area contributed by atoms with Crippen LogP contribution in [0, 0.1) is 6.92 Å². The van der Waals surface area contributed by atoms with Gasteiger partial charge in [-0.05, 0) is 36.3 Å². The number of carbonyl (C=O) groups excluding carboxylic acids is 1. The molecule has 122 valence electrons. The quantitative estimate of drug-likeness (QED) is 0.529. The molecule has 7 heteroatoms. The second-order valence-electron chi connectivity index (χ2n) is 5.12. The van der Waals surface area contributed by atoms with Gasteiger partial charge in [0, 0.05) is 5.69 Å². The van der Waals surface area contributed by atoms with Crippen LogP contribution in [0.25, 0.3) is 6.08 Å². The number of thioether (sulfide) groups is 1. The van der Waals surface area contributed by atoms with Crippen LogP contribution in [0.5, 0.6) is 0 Å². The van der Waals surface area contributed by atoms with Crippen molar-refractivity contribution >= 4 is 74.9 Å². The van der Waals surface area contributed by atoms with Gasteiger partial charge < -0.3 is 10.6 Å². The van der Waals surface area contributed by atoms with Crippen LogP contribution in [0.15, 0.2) is 41.3 Å². The summed E-state index contributed by atoms with van der Waals surface area (Å²) in [4.78, 5) is 12.4. The van der Waals surface area contributed by atoms with E-state index in [4.69, 9.17) is 35.4 Å². The van der Waals surface area contributed by atoms with Gasteiger partial charge in [-0.3, -0.25) is 4.79 Å². The van der Waals surface area contributed by atoms with Gasteiger partial charge in [-0.1, -0.05) is 71.4 Å². The van der Waals surface area contributed by atoms with Crippen LogP contribution in [0.3, 0.4) is 0 Å². The molecule has 0 aliphatic carbocycles. The smallest absolute Gasteiger partial charge is 0.263 e. The van der Waals surface area contributed by atoms with Gasteiger partial charge in [0.05, 0.1) is 20.6 Å². The highest BCUT2D eigenvalue weighted by Crippen LogP contribution is 2.37. The first kappa shape index (κ1) is 17.3. The van der Waals surface area contributed by atoms with Crippen molar-refractivity contribution in [2.75, 3.05) is 5.32 Å². The lowest BCUT2D eigenvalue weighted by Crippen LogP contribution is -2.17.